The van der Waals surface area contributed by atoms with E-state index < -0.39 is 22.0 Å². The molecule has 2 fully saturated rings. The highest BCUT2D eigenvalue weighted by molar-refractivity contribution is 7.89. The molecule has 1 saturated carbocycles. The maximum atomic E-state index is 13.1. The van der Waals surface area contributed by atoms with Crippen LogP contribution < -0.4 is 0 Å². The molecule has 1 aliphatic heterocycles. The van der Waals surface area contributed by atoms with Crippen molar-refractivity contribution in [3.8, 4) is 0 Å². The van der Waals surface area contributed by atoms with Crippen molar-refractivity contribution in [2.24, 2.45) is 0 Å². The zero-order chi connectivity index (χ0) is 23.1. The highest BCUT2D eigenvalue weighted by Gasteiger charge is 2.31. The van der Waals surface area contributed by atoms with Crippen molar-refractivity contribution in [2.45, 2.75) is 49.5 Å². The summed E-state index contributed by atoms with van der Waals surface area (Å²) in [6, 6.07) is 14.0. The second-order valence-electron chi connectivity index (χ2n) is 8.20. The third-order valence-electron chi connectivity index (χ3n) is 6.16. The maximum absolute atomic E-state index is 13.1. The Labute approximate surface area is 188 Å². The lowest BCUT2D eigenvalue weighted by molar-refractivity contribution is -0.159. The second kappa shape index (κ2) is 10.9. The van der Waals surface area contributed by atoms with Crippen molar-refractivity contribution in [2.75, 3.05) is 26.2 Å². The summed E-state index contributed by atoms with van der Waals surface area (Å²) in [7, 11) is -3.41. The van der Waals surface area contributed by atoms with Crippen molar-refractivity contribution in [1.82, 2.24) is 9.21 Å². The topological polar surface area (TPSA) is 115 Å². The quantitative estimate of drug-likeness (QED) is 0.532. The molecule has 2 aliphatic rings. The minimum Gasteiger partial charge on any atom is -0.473 e. The van der Waals surface area contributed by atoms with Gasteiger partial charge >= 0.3 is 11.9 Å². The van der Waals surface area contributed by atoms with Crippen molar-refractivity contribution >= 4 is 32.7 Å². The van der Waals surface area contributed by atoms with E-state index in [1.807, 2.05) is 36.4 Å². The van der Waals surface area contributed by atoms with Gasteiger partial charge in [-0.1, -0.05) is 56.0 Å². The summed E-state index contributed by atoms with van der Waals surface area (Å²) in [5.41, 5.74) is 0. The van der Waals surface area contributed by atoms with Crippen molar-refractivity contribution in [3.05, 3.63) is 42.5 Å². The van der Waals surface area contributed by atoms with Crippen molar-refractivity contribution < 1.29 is 28.2 Å². The maximum Gasteiger partial charge on any atom is 0.414 e. The Morgan fingerprint density at radius 2 is 1.34 bits per heavy atom. The van der Waals surface area contributed by atoms with E-state index in [0.717, 1.165) is 23.9 Å². The summed E-state index contributed by atoms with van der Waals surface area (Å²) < 4.78 is 27.8. The van der Waals surface area contributed by atoms with Crippen LogP contribution in [0.2, 0.25) is 0 Å². The van der Waals surface area contributed by atoms with E-state index in [1.165, 1.54) is 38.5 Å². The number of rotatable bonds is 3. The number of aliphatic carboxylic acids is 2. The Morgan fingerprint density at radius 3 is 1.91 bits per heavy atom. The number of fused-ring (bicyclic) bond motifs is 1. The summed E-state index contributed by atoms with van der Waals surface area (Å²) in [6.45, 7) is 2.92. The lowest BCUT2D eigenvalue weighted by Crippen LogP contribution is -2.51. The fourth-order valence-electron chi connectivity index (χ4n) is 4.41. The number of nitrogens with zero attached hydrogens (tertiary/aromatic N) is 2. The van der Waals surface area contributed by atoms with E-state index in [1.54, 1.807) is 10.4 Å². The minimum absolute atomic E-state index is 0.416. The van der Waals surface area contributed by atoms with Gasteiger partial charge in [-0.3, -0.25) is 4.90 Å². The summed E-state index contributed by atoms with van der Waals surface area (Å²) in [4.78, 5) is 21.1. The first-order chi connectivity index (χ1) is 15.3. The Hall–Kier alpha value is -2.49. The monoisotopic (exact) mass is 462 g/mol. The van der Waals surface area contributed by atoms with Gasteiger partial charge in [-0.05, 0) is 35.7 Å². The molecular formula is C23H30N2O6S. The molecule has 0 aromatic heterocycles. The van der Waals surface area contributed by atoms with E-state index in [0.29, 0.717) is 24.0 Å². The molecule has 0 atom stereocenters. The number of hydrogen-bond donors (Lipinski definition) is 2. The summed E-state index contributed by atoms with van der Waals surface area (Å²) in [6.07, 6.45) is 7.90. The average Bonchev–Trinajstić information content (AvgIpc) is 3.09. The van der Waals surface area contributed by atoms with Gasteiger partial charge in [-0.15, -0.1) is 0 Å². The molecule has 8 nitrogen and oxygen atoms in total. The first-order valence-electron chi connectivity index (χ1n) is 11.0. The Bertz CT molecular complexity index is 1030. The molecule has 32 heavy (non-hydrogen) atoms. The fraction of sp³-hybridized carbons (Fsp3) is 0.478. The number of carboxylic acids is 2. The van der Waals surface area contributed by atoms with Crippen LogP contribution in [0.15, 0.2) is 47.4 Å². The minimum atomic E-state index is -3.41. The molecule has 0 amide bonds. The number of carbonyl (C=O) groups is 2. The molecule has 0 spiro atoms. The molecule has 1 heterocycles. The zero-order valence-corrected chi connectivity index (χ0v) is 18.8. The Kier molecular flexibility index (Phi) is 8.22. The lowest BCUT2D eigenvalue weighted by atomic mass is 10.1. The number of benzene rings is 2. The molecule has 0 unspecified atom stereocenters. The van der Waals surface area contributed by atoms with Crippen LogP contribution in [0.5, 0.6) is 0 Å². The average molecular weight is 463 g/mol. The standard InChI is InChI=1S/C21H28N2O2S.C2H2O4/c24-26(25,21-12-11-18-7-5-6-8-19(18)17-21)23-15-13-22(14-16-23)20-9-3-1-2-4-10-20;3-1(4)2(5)6/h5-8,11-12,17,20H,1-4,9-10,13-16H2;(H,3,4)(H,5,6). The van der Waals surface area contributed by atoms with Crippen LogP contribution in [-0.2, 0) is 19.6 Å². The normalized spacial score (nSPS) is 19.0. The summed E-state index contributed by atoms with van der Waals surface area (Å²) in [5.74, 6) is -3.65. The van der Waals surface area contributed by atoms with E-state index in [2.05, 4.69) is 4.90 Å². The van der Waals surface area contributed by atoms with Crippen LogP contribution in [-0.4, -0.2) is 72.0 Å². The Morgan fingerprint density at radius 1 is 0.781 bits per heavy atom. The van der Waals surface area contributed by atoms with Gasteiger partial charge < -0.3 is 10.2 Å². The van der Waals surface area contributed by atoms with Crippen LogP contribution in [0.1, 0.15) is 38.5 Å². The van der Waals surface area contributed by atoms with E-state index in [4.69, 9.17) is 19.8 Å². The second-order valence-corrected chi connectivity index (χ2v) is 10.1. The van der Waals surface area contributed by atoms with Crippen molar-refractivity contribution in [1.29, 1.82) is 0 Å². The number of sulfonamides is 1. The predicted molar refractivity (Wildman–Crippen MR) is 121 cm³/mol. The number of carboxylic acid groups (broad SMARTS) is 2. The van der Waals surface area contributed by atoms with Crippen LogP contribution in [0.3, 0.4) is 0 Å². The van der Waals surface area contributed by atoms with Crippen LogP contribution in [0, 0.1) is 0 Å². The van der Waals surface area contributed by atoms with Gasteiger partial charge in [0, 0.05) is 32.2 Å². The molecule has 174 valence electrons. The van der Waals surface area contributed by atoms with Crippen LogP contribution >= 0.6 is 0 Å². The highest BCUT2D eigenvalue weighted by Crippen LogP contribution is 2.26. The number of piperazine rings is 1. The van der Waals surface area contributed by atoms with Crippen LogP contribution in [0.25, 0.3) is 10.8 Å². The van der Waals surface area contributed by atoms with Crippen LogP contribution in [0.4, 0.5) is 0 Å². The SMILES string of the molecule is O=C(O)C(=O)O.O=S(=O)(c1ccc2ccccc2c1)N1CCN(C2CCCCCC2)CC1. The molecule has 0 radical (unpaired) electrons. The highest BCUT2D eigenvalue weighted by atomic mass is 32.2. The van der Waals surface area contributed by atoms with Gasteiger partial charge in [0.2, 0.25) is 10.0 Å². The van der Waals surface area contributed by atoms with Crippen molar-refractivity contribution in [3.63, 3.8) is 0 Å². The van der Waals surface area contributed by atoms with E-state index in [-0.39, 0.29) is 0 Å². The summed E-state index contributed by atoms with van der Waals surface area (Å²) in [5, 5.41) is 16.8. The lowest BCUT2D eigenvalue weighted by Gasteiger charge is -2.38. The molecular weight excluding hydrogens is 432 g/mol. The van der Waals surface area contributed by atoms with Gasteiger partial charge in [0.05, 0.1) is 4.90 Å². The largest absolute Gasteiger partial charge is 0.473 e. The molecule has 1 aliphatic carbocycles. The first-order valence-corrected chi connectivity index (χ1v) is 12.4. The first kappa shape index (κ1) is 24.2. The van der Waals surface area contributed by atoms with Gasteiger partial charge in [0.25, 0.3) is 0 Å². The summed E-state index contributed by atoms with van der Waals surface area (Å²) >= 11 is 0. The molecule has 1 saturated heterocycles. The zero-order valence-electron chi connectivity index (χ0n) is 18.0. The molecule has 4 rings (SSSR count). The van der Waals surface area contributed by atoms with E-state index >= 15 is 0 Å². The predicted octanol–water partition coefficient (Wildman–Crippen LogP) is 3.02. The van der Waals surface area contributed by atoms with Gasteiger partial charge in [-0.2, -0.15) is 4.31 Å². The molecule has 2 N–H and O–H groups in total. The Balaban J connectivity index is 0.000000427. The molecule has 2 aromatic carbocycles. The van der Waals surface area contributed by atoms with E-state index in [9.17, 15) is 8.42 Å². The van der Waals surface area contributed by atoms with Gasteiger partial charge in [-0.25, -0.2) is 18.0 Å². The molecule has 0 bridgehead atoms. The molecule has 9 heteroatoms. The fourth-order valence-corrected chi connectivity index (χ4v) is 5.87. The smallest absolute Gasteiger partial charge is 0.414 e. The van der Waals surface area contributed by atoms with Gasteiger partial charge in [0.1, 0.15) is 0 Å². The third-order valence-corrected chi connectivity index (χ3v) is 8.05. The number of hydrogen-bond acceptors (Lipinski definition) is 5. The molecule has 2 aromatic rings. The third kappa shape index (κ3) is 6.05. The van der Waals surface area contributed by atoms with Gasteiger partial charge in [0.15, 0.2) is 0 Å².